The second kappa shape index (κ2) is 9.70. The molecule has 0 spiro atoms. The highest BCUT2D eigenvalue weighted by atomic mass is 79.9. The molecule has 0 saturated heterocycles. The average Bonchev–Trinajstić information content (AvgIpc) is 2.62. The van der Waals surface area contributed by atoms with Crippen LogP contribution in [-0.4, -0.2) is 28.8 Å². The van der Waals surface area contributed by atoms with Gasteiger partial charge in [0.15, 0.2) is 0 Å². The maximum absolute atomic E-state index is 13.0. The van der Waals surface area contributed by atoms with Crippen LogP contribution in [0.5, 0.6) is 0 Å². The van der Waals surface area contributed by atoms with Crippen molar-refractivity contribution in [3.63, 3.8) is 0 Å². The van der Waals surface area contributed by atoms with E-state index in [1.54, 1.807) is 11.8 Å². The lowest BCUT2D eigenvalue weighted by Crippen LogP contribution is -2.49. The third-order valence-electron chi connectivity index (χ3n) is 4.34. The van der Waals surface area contributed by atoms with Gasteiger partial charge in [0.1, 0.15) is 6.04 Å². The Morgan fingerprint density at radius 2 is 1.52 bits per heavy atom. The standard InChI is InChI=1S/C22H27BrN2O2/c1-15(2)24-22(27)17(4)25(14-19-9-11-20(23)12-10-19)21(26)13-18-7-5-16(3)6-8-18/h5-12,15,17H,13-14H2,1-4H3,(H,24,27)/t17-/m1/s1. The van der Waals surface area contributed by atoms with Crippen molar-refractivity contribution >= 4 is 27.7 Å². The van der Waals surface area contributed by atoms with Crippen molar-refractivity contribution in [3.8, 4) is 0 Å². The molecule has 2 amide bonds. The van der Waals surface area contributed by atoms with Gasteiger partial charge in [-0.3, -0.25) is 9.59 Å². The summed E-state index contributed by atoms with van der Waals surface area (Å²) in [5.74, 6) is -0.201. The highest BCUT2D eigenvalue weighted by Gasteiger charge is 2.26. The summed E-state index contributed by atoms with van der Waals surface area (Å²) in [6.07, 6.45) is 0.274. The highest BCUT2D eigenvalue weighted by Crippen LogP contribution is 2.16. The minimum absolute atomic E-state index is 0.0293. The first-order valence-corrected chi connectivity index (χ1v) is 9.95. The average molecular weight is 431 g/mol. The van der Waals surface area contributed by atoms with Crippen molar-refractivity contribution in [2.24, 2.45) is 0 Å². The third kappa shape index (κ3) is 6.51. The fraction of sp³-hybridized carbons (Fsp3) is 0.364. The Labute approximate surface area is 170 Å². The molecule has 0 bridgehead atoms. The molecule has 0 saturated carbocycles. The molecule has 4 nitrogen and oxygen atoms in total. The molecule has 0 radical (unpaired) electrons. The molecule has 0 aliphatic carbocycles. The van der Waals surface area contributed by atoms with Crippen LogP contribution in [0.15, 0.2) is 53.0 Å². The maximum atomic E-state index is 13.0. The summed E-state index contributed by atoms with van der Waals surface area (Å²) in [6, 6.07) is 15.2. The number of hydrogen-bond acceptors (Lipinski definition) is 2. The number of amides is 2. The summed E-state index contributed by atoms with van der Waals surface area (Å²) < 4.78 is 0.981. The van der Waals surface area contributed by atoms with Gasteiger partial charge in [-0.2, -0.15) is 0 Å². The Morgan fingerprint density at radius 3 is 2.07 bits per heavy atom. The molecule has 0 fully saturated rings. The topological polar surface area (TPSA) is 49.4 Å². The summed E-state index contributed by atoms with van der Waals surface area (Å²) in [5.41, 5.74) is 3.09. The van der Waals surface area contributed by atoms with E-state index in [0.29, 0.717) is 6.54 Å². The normalized spacial score (nSPS) is 11.9. The number of aryl methyl sites for hydroxylation is 1. The lowest BCUT2D eigenvalue weighted by molar-refractivity contribution is -0.140. The van der Waals surface area contributed by atoms with Crippen LogP contribution in [0.2, 0.25) is 0 Å². The number of halogens is 1. The fourth-order valence-electron chi connectivity index (χ4n) is 2.76. The van der Waals surface area contributed by atoms with Gasteiger partial charge >= 0.3 is 0 Å². The van der Waals surface area contributed by atoms with E-state index in [1.165, 1.54) is 0 Å². The molecule has 2 rings (SSSR count). The van der Waals surface area contributed by atoms with E-state index < -0.39 is 6.04 Å². The van der Waals surface area contributed by atoms with Crippen molar-refractivity contribution in [3.05, 3.63) is 69.7 Å². The van der Waals surface area contributed by atoms with Crippen LogP contribution < -0.4 is 5.32 Å². The van der Waals surface area contributed by atoms with Gasteiger partial charge in [-0.05, 0) is 51.0 Å². The fourth-order valence-corrected chi connectivity index (χ4v) is 3.02. The number of hydrogen-bond donors (Lipinski definition) is 1. The van der Waals surface area contributed by atoms with Gasteiger partial charge in [-0.15, -0.1) is 0 Å². The summed E-state index contributed by atoms with van der Waals surface area (Å²) in [4.78, 5) is 27.2. The number of nitrogens with zero attached hydrogens (tertiary/aromatic N) is 1. The van der Waals surface area contributed by atoms with Crippen LogP contribution in [0.25, 0.3) is 0 Å². The molecule has 2 aromatic rings. The molecule has 0 aromatic heterocycles. The van der Waals surface area contributed by atoms with Crippen LogP contribution in [0.4, 0.5) is 0 Å². The maximum Gasteiger partial charge on any atom is 0.242 e. The second-order valence-corrected chi connectivity index (χ2v) is 8.07. The minimum atomic E-state index is -0.547. The van der Waals surface area contributed by atoms with E-state index in [9.17, 15) is 9.59 Å². The van der Waals surface area contributed by atoms with Gasteiger partial charge in [-0.25, -0.2) is 0 Å². The quantitative estimate of drug-likeness (QED) is 0.713. The predicted molar refractivity (Wildman–Crippen MR) is 112 cm³/mol. The Bertz CT molecular complexity index is 770. The van der Waals surface area contributed by atoms with Crippen molar-refractivity contribution in [1.29, 1.82) is 0 Å². The molecule has 27 heavy (non-hydrogen) atoms. The van der Waals surface area contributed by atoms with Crippen LogP contribution >= 0.6 is 15.9 Å². The molecule has 1 N–H and O–H groups in total. The summed E-state index contributed by atoms with van der Waals surface area (Å²) in [6.45, 7) is 8.02. The molecular formula is C22H27BrN2O2. The first kappa shape index (κ1) is 21.2. The molecule has 0 unspecified atom stereocenters. The van der Waals surface area contributed by atoms with Crippen LogP contribution in [0, 0.1) is 6.92 Å². The van der Waals surface area contributed by atoms with E-state index in [0.717, 1.165) is 21.2 Å². The largest absolute Gasteiger partial charge is 0.352 e. The van der Waals surface area contributed by atoms with Crippen LogP contribution in [0.1, 0.15) is 37.5 Å². The van der Waals surface area contributed by atoms with Crippen molar-refractivity contribution < 1.29 is 9.59 Å². The molecule has 2 aromatic carbocycles. The van der Waals surface area contributed by atoms with E-state index in [4.69, 9.17) is 0 Å². The predicted octanol–water partition coefficient (Wildman–Crippen LogP) is 4.24. The lowest BCUT2D eigenvalue weighted by atomic mass is 10.1. The van der Waals surface area contributed by atoms with Crippen LogP contribution in [-0.2, 0) is 22.6 Å². The van der Waals surface area contributed by atoms with Crippen molar-refractivity contribution in [2.75, 3.05) is 0 Å². The zero-order valence-electron chi connectivity index (χ0n) is 16.3. The van der Waals surface area contributed by atoms with E-state index in [-0.39, 0.29) is 24.3 Å². The number of carbonyl (C=O) groups excluding carboxylic acids is 2. The number of carbonyl (C=O) groups is 2. The summed E-state index contributed by atoms with van der Waals surface area (Å²) in [5, 5.41) is 2.90. The van der Waals surface area contributed by atoms with E-state index >= 15 is 0 Å². The Hall–Kier alpha value is -2.14. The number of rotatable bonds is 7. The molecule has 1 atom stereocenters. The molecule has 0 aliphatic rings. The van der Waals surface area contributed by atoms with Gasteiger partial charge in [0, 0.05) is 17.1 Å². The van der Waals surface area contributed by atoms with E-state index in [1.807, 2.05) is 69.3 Å². The van der Waals surface area contributed by atoms with Gasteiger partial charge in [0.25, 0.3) is 0 Å². The van der Waals surface area contributed by atoms with Gasteiger partial charge < -0.3 is 10.2 Å². The Balaban J connectivity index is 2.21. The van der Waals surface area contributed by atoms with Crippen molar-refractivity contribution in [2.45, 2.75) is 52.7 Å². The third-order valence-corrected chi connectivity index (χ3v) is 4.87. The van der Waals surface area contributed by atoms with Gasteiger partial charge in [-0.1, -0.05) is 57.9 Å². The second-order valence-electron chi connectivity index (χ2n) is 7.15. The minimum Gasteiger partial charge on any atom is -0.352 e. The summed E-state index contributed by atoms with van der Waals surface area (Å²) in [7, 11) is 0. The smallest absolute Gasteiger partial charge is 0.242 e. The Kier molecular flexibility index (Phi) is 7.60. The molecule has 0 aliphatic heterocycles. The molecule has 0 heterocycles. The Morgan fingerprint density at radius 1 is 0.963 bits per heavy atom. The van der Waals surface area contributed by atoms with Gasteiger partial charge in [0.2, 0.25) is 11.8 Å². The zero-order chi connectivity index (χ0) is 20.0. The lowest BCUT2D eigenvalue weighted by Gasteiger charge is -2.29. The molecule has 5 heteroatoms. The first-order valence-electron chi connectivity index (χ1n) is 9.16. The van der Waals surface area contributed by atoms with Crippen molar-refractivity contribution in [1.82, 2.24) is 10.2 Å². The number of nitrogens with one attached hydrogen (secondary N) is 1. The molecule has 144 valence electrons. The van der Waals surface area contributed by atoms with Gasteiger partial charge in [0.05, 0.1) is 6.42 Å². The van der Waals surface area contributed by atoms with Crippen LogP contribution in [0.3, 0.4) is 0 Å². The zero-order valence-corrected chi connectivity index (χ0v) is 17.9. The van der Waals surface area contributed by atoms with E-state index in [2.05, 4.69) is 21.2 Å². The monoisotopic (exact) mass is 430 g/mol. The number of benzene rings is 2. The highest BCUT2D eigenvalue weighted by molar-refractivity contribution is 9.10. The molecular weight excluding hydrogens is 404 g/mol. The summed E-state index contributed by atoms with van der Waals surface area (Å²) >= 11 is 3.43. The first-order chi connectivity index (χ1) is 12.8. The SMILES string of the molecule is Cc1ccc(CC(=O)N(Cc2ccc(Br)cc2)[C@H](C)C(=O)NC(C)C)cc1.